The Bertz CT molecular complexity index is 504. The van der Waals surface area contributed by atoms with Crippen LogP contribution < -0.4 is 0 Å². The van der Waals surface area contributed by atoms with Gasteiger partial charge in [0.1, 0.15) is 11.5 Å². The number of rotatable bonds is 4. The van der Waals surface area contributed by atoms with Crippen LogP contribution in [0.5, 0.6) is 11.5 Å². The fourth-order valence-corrected chi connectivity index (χ4v) is 2.91. The summed E-state index contributed by atoms with van der Waals surface area (Å²) in [6.07, 6.45) is 2.04. The normalized spacial score (nSPS) is 21.1. The number of hydrogen-bond donors (Lipinski definition) is 2. The largest absolute Gasteiger partial charge is 0.508 e. The van der Waals surface area contributed by atoms with Gasteiger partial charge in [-0.15, -0.1) is 0 Å². The molecule has 0 spiro atoms. The van der Waals surface area contributed by atoms with Gasteiger partial charge < -0.3 is 15.1 Å². The molecule has 1 heterocycles. The number of aromatic hydroxyl groups is 2. The van der Waals surface area contributed by atoms with E-state index >= 15 is 0 Å². The summed E-state index contributed by atoms with van der Waals surface area (Å²) in [6.45, 7) is 5.36. The summed E-state index contributed by atoms with van der Waals surface area (Å²) < 4.78 is 0. The van der Waals surface area contributed by atoms with E-state index in [2.05, 4.69) is 23.8 Å². The molecule has 0 aromatic heterocycles. The number of benzene rings is 1. The zero-order valence-electron chi connectivity index (χ0n) is 12.7. The molecule has 1 atom stereocenters. The molecular weight excluding hydrogens is 268 g/mol. The molecule has 1 fully saturated rings. The van der Waals surface area contributed by atoms with Gasteiger partial charge in [0.2, 0.25) is 0 Å². The monoisotopic (exact) mass is 292 g/mol. The van der Waals surface area contributed by atoms with Crippen molar-refractivity contribution in [1.82, 2.24) is 9.80 Å². The number of phenolic OH excluding ortho intramolecular Hbond substituents is 2. The van der Waals surface area contributed by atoms with Crippen molar-refractivity contribution in [3.8, 4) is 11.5 Å². The molecule has 1 aromatic rings. The lowest BCUT2D eigenvalue weighted by molar-refractivity contribution is 0.0885. The number of Topliss-reactive ketones (excluding diaryl/α,β-unsaturated/α-hetero) is 1. The molecule has 1 unspecified atom stereocenters. The third kappa shape index (κ3) is 3.95. The van der Waals surface area contributed by atoms with Gasteiger partial charge in [0.05, 0.1) is 12.1 Å². The first-order valence-electron chi connectivity index (χ1n) is 7.49. The van der Waals surface area contributed by atoms with Gasteiger partial charge in [-0.3, -0.25) is 9.69 Å². The van der Waals surface area contributed by atoms with E-state index in [0.29, 0.717) is 12.6 Å². The average molecular weight is 292 g/mol. The highest BCUT2D eigenvalue weighted by Gasteiger charge is 2.25. The highest BCUT2D eigenvalue weighted by atomic mass is 16.3. The SMILES string of the molecule is CCC1CN(C)CCCN1CC(=O)c1ccc(O)cc1O. The molecule has 5 heteroatoms. The summed E-state index contributed by atoms with van der Waals surface area (Å²) in [6, 6.07) is 4.49. The Labute approximate surface area is 125 Å². The summed E-state index contributed by atoms with van der Waals surface area (Å²) >= 11 is 0. The van der Waals surface area contributed by atoms with E-state index in [9.17, 15) is 15.0 Å². The van der Waals surface area contributed by atoms with Gasteiger partial charge in [-0.05, 0) is 38.6 Å². The Hall–Kier alpha value is -1.59. The second kappa shape index (κ2) is 6.91. The Morgan fingerprint density at radius 2 is 2.10 bits per heavy atom. The second-order valence-corrected chi connectivity index (χ2v) is 5.77. The van der Waals surface area contributed by atoms with Crippen LogP contribution >= 0.6 is 0 Å². The van der Waals surface area contributed by atoms with Crippen LogP contribution in [0.15, 0.2) is 18.2 Å². The maximum atomic E-state index is 12.4. The molecule has 0 bridgehead atoms. The molecule has 0 aliphatic carbocycles. The zero-order valence-corrected chi connectivity index (χ0v) is 12.7. The van der Waals surface area contributed by atoms with Crippen LogP contribution in [0.4, 0.5) is 0 Å². The lowest BCUT2D eigenvalue weighted by Gasteiger charge is -2.29. The van der Waals surface area contributed by atoms with Crippen LogP contribution in [0.25, 0.3) is 0 Å². The quantitative estimate of drug-likeness (QED) is 0.827. The lowest BCUT2D eigenvalue weighted by Crippen LogP contribution is -2.42. The van der Waals surface area contributed by atoms with Crippen LogP contribution in [-0.2, 0) is 0 Å². The van der Waals surface area contributed by atoms with Crippen LogP contribution in [0.3, 0.4) is 0 Å². The molecular formula is C16H24N2O3. The summed E-state index contributed by atoms with van der Waals surface area (Å²) in [5, 5.41) is 19.1. The smallest absolute Gasteiger partial charge is 0.180 e. The van der Waals surface area contributed by atoms with E-state index in [1.807, 2.05) is 0 Å². The first-order chi connectivity index (χ1) is 10.0. The molecule has 0 radical (unpaired) electrons. The first-order valence-corrected chi connectivity index (χ1v) is 7.49. The van der Waals surface area contributed by atoms with Gasteiger partial charge in [-0.25, -0.2) is 0 Å². The van der Waals surface area contributed by atoms with Crippen molar-refractivity contribution < 1.29 is 15.0 Å². The van der Waals surface area contributed by atoms with E-state index in [1.165, 1.54) is 18.2 Å². The molecule has 5 nitrogen and oxygen atoms in total. The Balaban J connectivity index is 2.09. The first kappa shape index (κ1) is 15.8. The minimum atomic E-state index is -0.153. The van der Waals surface area contributed by atoms with Gasteiger partial charge in [0.25, 0.3) is 0 Å². The standard InChI is InChI=1S/C16H24N2O3/c1-3-12-10-17(2)7-4-8-18(12)11-16(21)14-6-5-13(19)9-15(14)20/h5-6,9,12,19-20H,3-4,7-8,10-11H2,1-2H3. The van der Waals surface area contributed by atoms with Crippen LogP contribution in [0.1, 0.15) is 30.1 Å². The van der Waals surface area contributed by atoms with Crippen LogP contribution in [0, 0.1) is 0 Å². The predicted molar refractivity (Wildman–Crippen MR) is 81.9 cm³/mol. The third-order valence-corrected chi connectivity index (χ3v) is 4.12. The maximum absolute atomic E-state index is 12.4. The number of carbonyl (C=O) groups excluding carboxylic acids is 1. The topological polar surface area (TPSA) is 64.0 Å². The van der Waals surface area contributed by atoms with Crippen molar-refractivity contribution in [3.05, 3.63) is 23.8 Å². The molecule has 2 N–H and O–H groups in total. The van der Waals surface area contributed by atoms with Crippen molar-refractivity contribution in [2.45, 2.75) is 25.8 Å². The zero-order chi connectivity index (χ0) is 15.4. The Morgan fingerprint density at radius 3 is 2.76 bits per heavy atom. The van der Waals surface area contributed by atoms with E-state index in [4.69, 9.17) is 0 Å². The van der Waals surface area contributed by atoms with Gasteiger partial charge in [-0.2, -0.15) is 0 Å². The van der Waals surface area contributed by atoms with Crippen molar-refractivity contribution in [2.75, 3.05) is 33.2 Å². The van der Waals surface area contributed by atoms with E-state index in [1.54, 1.807) is 0 Å². The highest BCUT2D eigenvalue weighted by molar-refractivity contribution is 6.00. The molecule has 1 saturated heterocycles. The molecule has 21 heavy (non-hydrogen) atoms. The summed E-state index contributed by atoms with van der Waals surface area (Å²) in [7, 11) is 2.11. The number of ketones is 1. The summed E-state index contributed by atoms with van der Waals surface area (Å²) in [5.74, 6) is -0.289. The van der Waals surface area contributed by atoms with E-state index in [0.717, 1.165) is 32.5 Å². The number of phenols is 2. The third-order valence-electron chi connectivity index (χ3n) is 4.12. The minimum Gasteiger partial charge on any atom is -0.508 e. The van der Waals surface area contributed by atoms with E-state index < -0.39 is 0 Å². The number of nitrogens with zero attached hydrogens (tertiary/aromatic N) is 2. The maximum Gasteiger partial charge on any atom is 0.180 e. The predicted octanol–water partition coefficient (Wildman–Crippen LogP) is 1.70. The van der Waals surface area contributed by atoms with Gasteiger partial charge in [0, 0.05) is 25.2 Å². The van der Waals surface area contributed by atoms with Gasteiger partial charge in [0.15, 0.2) is 5.78 Å². The summed E-state index contributed by atoms with van der Waals surface area (Å²) in [5.41, 5.74) is 0.278. The van der Waals surface area contributed by atoms with Crippen LogP contribution in [0.2, 0.25) is 0 Å². The lowest BCUT2D eigenvalue weighted by atomic mass is 10.1. The summed E-state index contributed by atoms with van der Waals surface area (Å²) in [4.78, 5) is 16.9. The Morgan fingerprint density at radius 1 is 1.33 bits per heavy atom. The van der Waals surface area contributed by atoms with Crippen LogP contribution in [-0.4, -0.2) is 65.1 Å². The van der Waals surface area contributed by atoms with Crippen molar-refractivity contribution >= 4 is 5.78 Å². The molecule has 116 valence electrons. The van der Waals surface area contributed by atoms with Gasteiger partial charge in [-0.1, -0.05) is 6.92 Å². The Kier molecular flexibility index (Phi) is 5.20. The number of likely N-dealkylation sites (N-methyl/N-ethyl adjacent to an activating group) is 1. The highest BCUT2D eigenvalue weighted by Crippen LogP contribution is 2.23. The molecule has 2 rings (SSSR count). The molecule has 1 aliphatic heterocycles. The molecule has 0 amide bonds. The van der Waals surface area contributed by atoms with Crippen molar-refractivity contribution in [1.29, 1.82) is 0 Å². The van der Waals surface area contributed by atoms with E-state index in [-0.39, 0.29) is 22.8 Å². The molecule has 1 aliphatic rings. The number of carbonyl (C=O) groups is 1. The minimum absolute atomic E-state index is 0.0353. The fraction of sp³-hybridized carbons (Fsp3) is 0.562. The number of hydrogen-bond acceptors (Lipinski definition) is 5. The average Bonchev–Trinajstić information content (AvgIpc) is 2.60. The van der Waals surface area contributed by atoms with Crippen molar-refractivity contribution in [3.63, 3.8) is 0 Å². The second-order valence-electron chi connectivity index (χ2n) is 5.77. The molecule has 1 aromatic carbocycles. The molecule has 0 saturated carbocycles. The van der Waals surface area contributed by atoms with Crippen molar-refractivity contribution in [2.24, 2.45) is 0 Å². The van der Waals surface area contributed by atoms with Gasteiger partial charge >= 0.3 is 0 Å². The fourth-order valence-electron chi connectivity index (χ4n) is 2.91.